The van der Waals surface area contributed by atoms with Crippen molar-refractivity contribution in [3.8, 4) is 0 Å². The van der Waals surface area contributed by atoms with Gasteiger partial charge in [0.25, 0.3) is 0 Å². The molecule has 1 atom stereocenters. The monoisotopic (exact) mass is 299 g/mol. The maximum absolute atomic E-state index is 11.6. The molecule has 116 valence electrons. The van der Waals surface area contributed by atoms with Crippen LogP contribution in [0.2, 0.25) is 0 Å². The predicted molar refractivity (Wildman–Crippen MR) is 85.0 cm³/mol. The average Bonchev–Trinajstić information content (AvgIpc) is 2.90. The molecule has 3 heterocycles. The normalized spacial score (nSPS) is 24.5. The number of H-pyrrole nitrogens is 1. The highest BCUT2D eigenvalue weighted by Crippen LogP contribution is 2.41. The maximum atomic E-state index is 11.6. The maximum Gasteiger partial charge on any atom is 0.321 e. The average molecular weight is 299 g/mol. The number of aromatic amines is 1. The zero-order valence-electron chi connectivity index (χ0n) is 12.7. The minimum atomic E-state index is -0.755. The van der Waals surface area contributed by atoms with Crippen molar-refractivity contribution in [1.82, 2.24) is 15.2 Å². The van der Waals surface area contributed by atoms with Crippen molar-refractivity contribution in [2.24, 2.45) is 0 Å². The Labute approximate surface area is 129 Å². The van der Waals surface area contributed by atoms with Gasteiger partial charge in [-0.25, -0.2) is 0 Å². The molecule has 1 fully saturated rings. The summed E-state index contributed by atoms with van der Waals surface area (Å²) in [4.78, 5) is 17.5. The van der Waals surface area contributed by atoms with Crippen LogP contribution in [0.25, 0.3) is 10.9 Å². The molecular formula is C17H21N3O2. The summed E-state index contributed by atoms with van der Waals surface area (Å²) in [5, 5.41) is 14.2. The number of hydrogen-bond donors (Lipinski definition) is 3. The van der Waals surface area contributed by atoms with E-state index in [0.717, 1.165) is 31.4 Å². The van der Waals surface area contributed by atoms with Gasteiger partial charge in [-0.1, -0.05) is 18.2 Å². The summed E-state index contributed by atoms with van der Waals surface area (Å²) >= 11 is 0. The van der Waals surface area contributed by atoms with Gasteiger partial charge in [-0.3, -0.25) is 10.1 Å². The minimum Gasteiger partial charge on any atom is -0.480 e. The molecular weight excluding hydrogens is 278 g/mol. The fourth-order valence-electron chi connectivity index (χ4n) is 4.03. The lowest BCUT2D eigenvalue weighted by Gasteiger charge is -2.45. The first-order chi connectivity index (χ1) is 10.6. The van der Waals surface area contributed by atoms with Gasteiger partial charge in [0, 0.05) is 23.0 Å². The molecule has 5 nitrogen and oxygen atoms in total. The number of piperidine rings is 1. The van der Waals surface area contributed by atoms with E-state index < -0.39 is 12.0 Å². The smallest absolute Gasteiger partial charge is 0.321 e. The first-order valence-electron chi connectivity index (χ1n) is 7.88. The number of aliphatic carboxylic acids is 1. The molecule has 1 saturated heterocycles. The van der Waals surface area contributed by atoms with Crippen molar-refractivity contribution >= 4 is 16.9 Å². The Kier molecular flexibility index (Phi) is 3.03. The van der Waals surface area contributed by atoms with Crippen molar-refractivity contribution in [3.63, 3.8) is 0 Å². The van der Waals surface area contributed by atoms with Crippen molar-refractivity contribution in [2.75, 3.05) is 20.1 Å². The topological polar surface area (TPSA) is 68.4 Å². The molecule has 0 saturated carbocycles. The number of benzene rings is 1. The third kappa shape index (κ3) is 1.96. The Balaban J connectivity index is 1.88. The molecule has 0 bridgehead atoms. The summed E-state index contributed by atoms with van der Waals surface area (Å²) in [6.07, 6.45) is 2.42. The second-order valence-electron chi connectivity index (χ2n) is 6.65. The van der Waals surface area contributed by atoms with E-state index in [1.165, 1.54) is 16.6 Å². The summed E-state index contributed by atoms with van der Waals surface area (Å²) < 4.78 is 0. The molecule has 1 unspecified atom stereocenters. The van der Waals surface area contributed by atoms with Crippen molar-refractivity contribution in [2.45, 2.75) is 30.8 Å². The van der Waals surface area contributed by atoms with Crippen LogP contribution < -0.4 is 5.32 Å². The van der Waals surface area contributed by atoms with E-state index in [0.29, 0.717) is 6.42 Å². The number of carbonyl (C=O) groups is 1. The molecule has 0 radical (unpaired) electrons. The molecule has 0 amide bonds. The van der Waals surface area contributed by atoms with Gasteiger partial charge in [0.2, 0.25) is 0 Å². The standard InChI is InChI=1S/C17H21N3O2/c1-20-8-6-17(7-9-20)15-12(10-14(19-17)16(21)22)11-4-2-3-5-13(11)18-15/h2-5,14,18-19H,6-10H2,1H3,(H,21,22). The largest absolute Gasteiger partial charge is 0.480 e. The Morgan fingerprint density at radius 3 is 2.77 bits per heavy atom. The molecule has 4 rings (SSSR count). The van der Waals surface area contributed by atoms with Gasteiger partial charge in [-0.2, -0.15) is 0 Å². The number of rotatable bonds is 1. The van der Waals surface area contributed by atoms with E-state index in [4.69, 9.17) is 0 Å². The van der Waals surface area contributed by atoms with Crippen molar-refractivity contribution in [1.29, 1.82) is 0 Å². The van der Waals surface area contributed by atoms with E-state index >= 15 is 0 Å². The number of aromatic nitrogens is 1. The van der Waals surface area contributed by atoms with Gasteiger partial charge in [-0.15, -0.1) is 0 Å². The van der Waals surface area contributed by atoms with Crippen LogP contribution in [0.15, 0.2) is 24.3 Å². The number of fused-ring (bicyclic) bond motifs is 4. The zero-order chi connectivity index (χ0) is 15.3. The highest BCUT2D eigenvalue weighted by molar-refractivity contribution is 5.87. The molecule has 2 aliphatic rings. The van der Waals surface area contributed by atoms with E-state index in [1.54, 1.807) is 0 Å². The molecule has 3 N–H and O–H groups in total. The van der Waals surface area contributed by atoms with Gasteiger partial charge in [0.05, 0.1) is 5.54 Å². The second-order valence-corrected chi connectivity index (χ2v) is 6.65. The SMILES string of the molecule is CN1CCC2(CC1)NC(C(=O)O)Cc1c2[nH]c2ccccc12. The van der Waals surface area contributed by atoms with E-state index in [-0.39, 0.29) is 5.54 Å². The molecule has 2 aliphatic heterocycles. The second kappa shape index (κ2) is 4.83. The molecule has 5 heteroatoms. The van der Waals surface area contributed by atoms with Crippen LogP contribution in [-0.2, 0) is 16.8 Å². The number of hydrogen-bond acceptors (Lipinski definition) is 3. The Hall–Kier alpha value is -1.85. The summed E-state index contributed by atoms with van der Waals surface area (Å²) in [6.45, 7) is 1.96. The van der Waals surface area contributed by atoms with Gasteiger partial charge >= 0.3 is 5.97 Å². The van der Waals surface area contributed by atoms with Crippen LogP contribution in [0.5, 0.6) is 0 Å². The molecule has 22 heavy (non-hydrogen) atoms. The Bertz CT molecular complexity index is 729. The lowest BCUT2D eigenvalue weighted by Crippen LogP contribution is -2.59. The van der Waals surface area contributed by atoms with Gasteiger partial charge in [0.1, 0.15) is 6.04 Å². The van der Waals surface area contributed by atoms with Crippen molar-refractivity contribution in [3.05, 3.63) is 35.5 Å². The number of carboxylic acid groups (broad SMARTS) is 1. The van der Waals surface area contributed by atoms with Crippen LogP contribution >= 0.6 is 0 Å². The Morgan fingerprint density at radius 2 is 2.05 bits per heavy atom. The third-order valence-corrected chi connectivity index (χ3v) is 5.29. The highest BCUT2D eigenvalue weighted by Gasteiger charge is 2.45. The number of para-hydroxylation sites is 1. The molecule has 1 aromatic heterocycles. The molecule has 1 aromatic carbocycles. The first-order valence-corrected chi connectivity index (χ1v) is 7.88. The fourth-order valence-corrected chi connectivity index (χ4v) is 4.03. The van der Waals surface area contributed by atoms with Crippen LogP contribution in [-0.4, -0.2) is 47.1 Å². The van der Waals surface area contributed by atoms with Crippen LogP contribution in [0.1, 0.15) is 24.1 Å². The quantitative estimate of drug-likeness (QED) is 0.749. The summed E-state index contributed by atoms with van der Waals surface area (Å²) in [6, 6.07) is 7.71. The zero-order valence-corrected chi connectivity index (χ0v) is 12.7. The summed E-state index contributed by atoms with van der Waals surface area (Å²) in [7, 11) is 2.12. The number of carboxylic acids is 1. The first kappa shape index (κ1) is 13.8. The van der Waals surface area contributed by atoms with Crippen molar-refractivity contribution < 1.29 is 9.90 Å². The van der Waals surface area contributed by atoms with Gasteiger partial charge < -0.3 is 15.0 Å². The fraction of sp³-hybridized carbons (Fsp3) is 0.471. The van der Waals surface area contributed by atoms with E-state index in [1.807, 2.05) is 12.1 Å². The lowest BCUT2D eigenvalue weighted by molar-refractivity contribution is -0.140. The van der Waals surface area contributed by atoms with Crippen LogP contribution in [0, 0.1) is 0 Å². The number of nitrogens with zero attached hydrogens (tertiary/aromatic N) is 1. The number of nitrogens with one attached hydrogen (secondary N) is 2. The van der Waals surface area contributed by atoms with Crippen LogP contribution in [0.3, 0.4) is 0 Å². The molecule has 1 spiro atoms. The minimum absolute atomic E-state index is 0.234. The van der Waals surface area contributed by atoms with Crippen LogP contribution in [0.4, 0.5) is 0 Å². The van der Waals surface area contributed by atoms with E-state index in [9.17, 15) is 9.90 Å². The van der Waals surface area contributed by atoms with E-state index in [2.05, 4.69) is 34.4 Å². The number of likely N-dealkylation sites (tertiary alicyclic amines) is 1. The lowest BCUT2D eigenvalue weighted by atomic mass is 9.77. The third-order valence-electron chi connectivity index (χ3n) is 5.29. The summed E-state index contributed by atoms with van der Waals surface area (Å²) in [5.74, 6) is -0.755. The van der Waals surface area contributed by atoms with Gasteiger partial charge in [0.15, 0.2) is 0 Å². The molecule has 2 aromatic rings. The highest BCUT2D eigenvalue weighted by atomic mass is 16.4. The van der Waals surface area contributed by atoms with Gasteiger partial charge in [-0.05, 0) is 44.6 Å². The summed E-state index contributed by atoms with van der Waals surface area (Å²) in [5.41, 5.74) is 3.27. The molecule has 0 aliphatic carbocycles. The Morgan fingerprint density at radius 1 is 1.32 bits per heavy atom. The predicted octanol–water partition coefficient (Wildman–Crippen LogP) is 1.69.